The van der Waals surface area contributed by atoms with Crippen molar-refractivity contribution in [2.75, 3.05) is 33.9 Å². The maximum atomic E-state index is 13.1. The Hall–Kier alpha value is -4.32. The molecule has 3 aromatic heterocycles. The van der Waals surface area contributed by atoms with E-state index in [1.54, 1.807) is 19.5 Å². The number of aliphatic hydroxyl groups is 1. The molecular weight excluding hydrogens is 651 g/mol. The van der Waals surface area contributed by atoms with Gasteiger partial charge in [-0.05, 0) is 37.2 Å². The van der Waals surface area contributed by atoms with Gasteiger partial charge < -0.3 is 20.5 Å². The van der Waals surface area contributed by atoms with Gasteiger partial charge in [0.2, 0.25) is 11.8 Å². The Morgan fingerprint density at radius 2 is 1.75 bits per heavy atom. The fraction of sp³-hybridized carbons (Fsp3) is 0.278. The molecular formula is C36H36Cl2N6O4. The number of amides is 1. The molecule has 1 unspecified atom stereocenters. The molecule has 0 aliphatic carbocycles. The predicted octanol–water partition coefficient (Wildman–Crippen LogP) is 5.20. The monoisotopic (exact) mass is 686 g/mol. The molecule has 0 spiro atoms. The van der Waals surface area contributed by atoms with Gasteiger partial charge >= 0.3 is 0 Å². The molecule has 0 radical (unpaired) electrons. The quantitative estimate of drug-likeness (QED) is 0.164. The maximum Gasteiger partial charge on any atom is 0.262 e. The number of benzene rings is 2. The number of pyridine rings is 2. The summed E-state index contributed by atoms with van der Waals surface area (Å²) in [4.78, 5) is 35.8. The second-order valence-corrected chi connectivity index (χ2v) is 12.6. The van der Waals surface area contributed by atoms with Gasteiger partial charge in [0.15, 0.2) is 0 Å². The summed E-state index contributed by atoms with van der Waals surface area (Å²) in [7, 11) is 3.43. The number of carbonyl (C=O) groups is 1. The van der Waals surface area contributed by atoms with Gasteiger partial charge in [0.25, 0.3) is 5.56 Å². The van der Waals surface area contributed by atoms with Crippen LogP contribution in [0.15, 0.2) is 77.9 Å². The highest BCUT2D eigenvalue weighted by Gasteiger charge is 2.21. The first kappa shape index (κ1) is 33.6. The first-order valence-corrected chi connectivity index (χ1v) is 16.4. The number of fused-ring (bicyclic) bond motifs is 1. The van der Waals surface area contributed by atoms with Crippen molar-refractivity contribution in [2.24, 2.45) is 0 Å². The number of rotatable bonds is 12. The first-order valence-electron chi connectivity index (χ1n) is 15.7. The normalized spacial score (nSPS) is 14.5. The third-order valence-electron chi connectivity index (χ3n) is 8.50. The number of hydrogen-bond donors (Lipinski definition) is 3. The van der Waals surface area contributed by atoms with Crippen molar-refractivity contribution >= 4 is 34.8 Å². The Balaban J connectivity index is 1.27. The Bertz CT molecular complexity index is 2030. The zero-order valence-electron chi connectivity index (χ0n) is 26.7. The van der Waals surface area contributed by atoms with Crippen molar-refractivity contribution in [1.29, 1.82) is 0 Å². The molecule has 2 aromatic carbocycles. The van der Waals surface area contributed by atoms with Gasteiger partial charge in [-0.1, -0.05) is 65.7 Å². The molecule has 1 aliphatic rings. The molecule has 4 heterocycles. The standard InChI is InChI=1S/C36H36Cl2N6O4/c1-43(15-16-45)21-24-19-40-31-17-22(13-14-44(31)36(24)47)26-5-3-6-27(33(26)37)28-7-4-8-29(34(28)38)30-11-9-23(35(42-30)48-2)18-39-20-25-10-12-32(46)41-25/h3-9,11,13-14,17,19,25,39,45H,10,12,15-16,18,20-21H2,1-2H3,(H,41,46). The molecule has 0 saturated carbocycles. The van der Waals surface area contributed by atoms with Crippen LogP contribution in [0, 0.1) is 0 Å². The number of aliphatic hydroxyl groups excluding tert-OH is 1. The van der Waals surface area contributed by atoms with Gasteiger partial charge in [0.05, 0.1) is 35.0 Å². The van der Waals surface area contributed by atoms with E-state index in [1.807, 2.05) is 72.6 Å². The summed E-state index contributed by atoms with van der Waals surface area (Å²) in [6.45, 7) is 2.07. The van der Waals surface area contributed by atoms with E-state index in [0.717, 1.165) is 39.8 Å². The lowest BCUT2D eigenvalue weighted by Gasteiger charge is -2.16. The molecule has 1 amide bonds. The molecule has 12 heteroatoms. The van der Waals surface area contributed by atoms with Crippen LogP contribution >= 0.6 is 23.2 Å². The number of carbonyl (C=O) groups excluding carboxylic acids is 1. The van der Waals surface area contributed by atoms with E-state index in [1.165, 1.54) is 4.40 Å². The number of likely N-dealkylation sites (N-methyl/N-ethyl adjacent to an activating group) is 1. The zero-order chi connectivity index (χ0) is 33.8. The summed E-state index contributed by atoms with van der Waals surface area (Å²) in [6, 6.07) is 19.2. The minimum atomic E-state index is -0.159. The molecule has 3 N–H and O–H groups in total. The average molecular weight is 688 g/mol. The van der Waals surface area contributed by atoms with Gasteiger partial charge in [-0.15, -0.1) is 0 Å². The number of nitrogens with one attached hydrogen (secondary N) is 2. The van der Waals surface area contributed by atoms with Crippen LogP contribution in [0.5, 0.6) is 5.88 Å². The zero-order valence-corrected chi connectivity index (χ0v) is 28.2. The SMILES string of the molecule is COc1nc(-c2cccc(-c3cccc(-c4ccn5c(=O)c(CN(C)CCO)cnc5c4)c3Cl)c2Cl)ccc1CNCC1CCC(=O)N1. The second-order valence-electron chi connectivity index (χ2n) is 11.8. The summed E-state index contributed by atoms with van der Waals surface area (Å²) in [6.07, 6.45) is 4.69. The van der Waals surface area contributed by atoms with Crippen molar-refractivity contribution in [3.8, 4) is 39.4 Å². The Morgan fingerprint density at radius 3 is 2.46 bits per heavy atom. The molecule has 0 bridgehead atoms. The molecule has 10 nitrogen and oxygen atoms in total. The van der Waals surface area contributed by atoms with Crippen molar-refractivity contribution in [3.05, 3.63) is 105 Å². The predicted molar refractivity (Wildman–Crippen MR) is 188 cm³/mol. The van der Waals surface area contributed by atoms with E-state index < -0.39 is 0 Å². The molecule has 1 aliphatic heterocycles. The van der Waals surface area contributed by atoms with Crippen LogP contribution in [0.3, 0.4) is 0 Å². The number of ether oxygens (including phenoxy) is 1. The third kappa shape index (κ3) is 7.08. The van der Waals surface area contributed by atoms with E-state index in [2.05, 4.69) is 15.6 Å². The molecule has 1 fully saturated rings. The lowest BCUT2D eigenvalue weighted by atomic mass is 9.97. The largest absolute Gasteiger partial charge is 0.481 e. The van der Waals surface area contributed by atoms with Crippen molar-refractivity contribution < 1.29 is 14.6 Å². The maximum absolute atomic E-state index is 13.1. The second kappa shape index (κ2) is 14.8. The van der Waals surface area contributed by atoms with E-state index in [-0.39, 0.29) is 24.1 Å². The average Bonchev–Trinajstić information content (AvgIpc) is 3.51. The van der Waals surface area contributed by atoms with Crippen LogP contribution in [0.1, 0.15) is 24.0 Å². The highest BCUT2D eigenvalue weighted by Crippen LogP contribution is 2.42. The fourth-order valence-corrected chi connectivity index (χ4v) is 6.63. The van der Waals surface area contributed by atoms with Crippen LogP contribution in [0.25, 0.3) is 39.2 Å². The highest BCUT2D eigenvalue weighted by molar-refractivity contribution is 6.39. The summed E-state index contributed by atoms with van der Waals surface area (Å²) in [5.74, 6) is 0.584. The molecule has 248 valence electrons. The topological polar surface area (TPSA) is 121 Å². The Morgan fingerprint density at radius 1 is 1.02 bits per heavy atom. The number of aromatic nitrogens is 3. The fourth-order valence-electron chi connectivity index (χ4n) is 5.97. The number of halogens is 2. The van der Waals surface area contributed by atoms with E-state index in [0.29, 0.717) is 65.4 Å². The van der Waals surface area contributed by atoms with Crippen LogP contribution in [-0.2, 0) is 17.9 Å². The van der Waals surface area contributed by atoms with Crippen LogP contribution in [0.4, 0.5) is 0 Å². The van der Waals surface area contributed by atoms with Crippen LogP contribution < -0.4 is 20.9 Å². The first-order chi connectivity index (χ1) is 23.3. The molecule has 1 atom stereocenters. The Labute approximate surface area is 288 Å². The molecule has 6 rings (SSSR count). The van der Waals surface area contributed by atoms with E-state index >= 15 is 0 Å². The lowest BCUT2D eigenvalue weighted by molar-refractivity contribution is -0.119. The highest BCUT2D eigenvalue weighted by atomic mass is 35.5. The van der Waals surface area contributed by atoms with Crippen molar-refractivity contribution in [1.82, 2.24) is 29.9 Å². The van der Waals surface area contributed by atoms with Gasteiger partial charge in [-0.3, -0.25) is 18.9 Å². The number of methoxy groups -OCH3 is 1. The smallest absolute Gasteiger partial charge is 0.262 e. The van der Waals surface area contributed by atoms with Gasteiger partial charge in [0, 0.05) is 78.9 Å². The summed E-state index contributed by atoms with van der Waals surface area (Å²) in [5.41, 5.74) is 6.24. The number of hydrogen-bond acceptors (Lipinski definition) is 8. The van der Waals surface area contributed by atoms with E-state index in [4.69, 9.17) is 32.9 Å². The summed E-state index contributed by atoms with van der Waals surface area (Å²) in [5, 5.41) is 16.6. The van der Waals surface area contributed by atoms with Gasteiger partial charge in [-0.2, -0.15) is 0 Å². The van der Waals surface area contributed by atoms with Crippen LogP contribution in [-0.4, -0.2) is 70.2 Å². The number of nitrogens with zero attached hydrogens (tertiary/aromatic N) is 4. The van der Waals surface area contributed by atoms with Crippen molar-refractivity contribution in [2.45, 2.75) is 32.0 Å². The van der Waals surface area contributed by atoms with Gasteiger partial charge in [-0.25, -0.2) is 9.97 Å². The van der Waals surface area contributed by atoms with Gasteiger partial charge in [0.1, 0.15) is 5.65 Å². The Kier molecular flexibility index (Phi) is 10.4. The molecule has 5 aromatic rings. The summed E-state index contributed by atoms with van der Waals surface area (Å²) >= 11 is 14.1. The van der Waals surface area contributed by atoms with Crippen molar-refractivity contribution in [3.63, 3.8) is 0 Å². The van der Waals surface area contributed by atoms with E-state index in [9.17, 15) is 14.7 Å². The molecule has 48 heavy (non-hydrogen) atoms. The third-order valence-corrected chi connectivity index (χ3v) is 9.32. The lowest BCUT2D eigenvalue weighted by Crippen LogP contribution is -2.35. The minimum absolute atomic E-state index is 0.0129. The van der Waals surface area contributed by atoms with Crippen LogP contribution in [0.2, 0.25) is 10.0 Å². The molecule has 1 saturated heterocycles. The summed E-state index contributed by atoms with van der Waals surface area (Å²) < 4.78 is 7.15. The minimum Gasteiger partial charge on any atom is -0.481 e.